The Kier molecular flexibility index (Phi) is 0.356. The van der Waals surface area contributed by atoms with Crippen LogP contribution in [0.1, 0.15) is 19.3 Å². The van der Waals surface area contributed by atoms with Gasteiger partial charge in [0.1, 0.15) is 0 Å². The van der Waals surface area contributed by atoms with Gasteiger partial charge >= 0.3 is 0 Å². The third-order valence-corrected chi connectivity index (χ3v) is 1.97. The minimum Gasteiger partial charge on any atom is -0.390 e. The van der Waals surface area contributed by atoms with E-state index in [1.54, 1.807) is 0 Å². The summed E-state index contributed by atoms with van der Waals surface area (Å²) in [4.78, 5) is 0. The van der Waals surface area contributed by atoms with E-state index in [0.29, 0.717) is 19.3 Å². The average Bonchev–Trinajstić information content (AvgIpc) is 1.27. The zero-order valence-corrected chi connectivity index (χ0v) is 4.02. The summed E-state index contributed by atoms with van der Waals surface area (Å²) in [5, 5.41) is 18.0. The van der Waals surface area contributed by atoms with Gasteiger partial charge < -0.3 is 10.2 Å². The van der Waals surface area contributed by atoms with Gasteiger partial charge in [-0.2, -0.15) is 0 Å². The normalized spacial score (nSPS) is 66.0. The van der Waals surface area contributed by atoms with Crippen molar-refractivity contribution >= 4 is 0 Å². The van der Waals surface area contributed by atoms with Crippen LogP contribution < -0.4 is 0 Å². The zero-order valence-electron chi connectivity index (χ0n) is 4.02. The molecule has 0 atom stereocenters. The van der Waals surface area contributed by atoms with Crippen LogP contribution in [0.15, 0.2) is 0 Å². The van der Waals surface area contributed by atoms with Crippen LogP contribution in [0.4, 0.5) is 0 Å². The van der Waals surface area contributed by atoms with Crippen molar-refractivity contribution < 1.29 is 10.2 Å². The lowest BCUT2D eigenvalue weighted by atomic mass is 9.49. The second-order valence-electron chi connectivity index (χ2n) is 2.98. The molecule has 0 aromatic carbocycles. The van der Waals surface area contributed by atoms with Gasteiger partial charge in [-0.15, -0.1) is 0 Å². The van der Waals surface area contributed by atoms with Gasteiger partial charge in [0.15, 0.2) is 0 Å². The maximum absolute atomic E-state index is 8.98. The van der Waals surface area contributed by atoms with Crippen molar-refractivity contribution in [2.24, 2.45) is 0 Å². The molecule has 3 aliphatic rings. The van der Waals surface area contributed by atoms with Crippen molar-refractivity contribution in [3.63, 3.8) is 0 Å². The van der Waals surface area contributed by atoms with Gasteiger partial charge in [-0.1, -0.05) is 0 Å². The van der Waals surface area contributed by atoms with Crippen molar-refractivity contribution in [3.05, 3.63) is 0 Å². The van der Waals surface area contributed by atoms with Gasteiger partial charge in [0, 0.05) is 19.3 Å². The second kappa shape index (κ2) is 0.644. The van der Waals surface area contributed by atoms with Gasteiger partial charge in [0.05, 0.1) is 11.2 Å². The van der Waals surface area contributed by atoms with E-state index in [1.165, 1.54) is 0 Å². The van der Waals surface area contributed by atoms with Crippen LogP contribution in [0.3, 0.4) is 0 Å². The summed E-state index contributed by atoms with van der Waals surface area (Å²) in [6, 6.07) is 0. The molecular formula is C5H8O2. The quantitative estimate of drug-likeness (QED) is 0.436. The van der Waals surface area contributed by atoms with E-state index in [-0.39, 0.29) is 0 Å². The zero-order chi connectivity index (χ0) is 5.12. The predicted octanol–water partition coefficient (Wildman–Crippen LogP) is -0.354. The molecule has 0 heterocycles. The van der Waals surface area contributed by atoms with Crippen LogP contribution in [0, 0.1) is 0 Å². The lowest BCUT2D eigenvalue weighted by Gasteiger charge is -2.64. The van der Waals surface area contributed by atoms with E-state index in [2.05, 4.69) is 0 Å². The Morgan fingerprint density at radius 3 is 1.14 bits per heavy atom. The molecule has 2 nitrogen and oxygen atoms in total. The highest BCUT2D eigenvalue weighted by Gasteiger charge is 2.66. The summed E-state index contributed by atoms with van der Waals surface area (Å²) in [7, 11) is 0. The monoisotopic (exact) mass is 100 g/mol. The molecule has 3 saturated carbocycles. The van der Waals surface area contributed by atoms with Crippen LogP contribution in [0.2, 0.25) is 0 Å². The fourth-order valence-corrected chi connectivity index (χ4v) is 1.68. The van der Waals surface area contributed by atoms with Gasteiger partial charge in [-0.3, -0.25) is 0 Å². The third kappa shape index (κ3) is 0.283. The molecule has 3 fully saturated rings. The maximum atomic E-state index is 8.98. The van der Waals surface area contributed by atoms with E-state index < -0.39 is 11.2 Å². The van der Waals surface area contributed by atoms with Crippen LogP contribution in [-0.2, 0) is 0 Å². The molecule has 2 heteroatoms. The molecule has 3 aliphatic carbocycles. The number of hydrogen-bond acceptors (Lipinski definition) is 2. The fraction of sp³-hybridized carbons (Fsp3) is 1.00. The van der Waals surface area contributed by atoms with E-state index >= 15 is 0 Å². The first kappa shape index (κ1) is 3.87. The smallest absolute Gasteiger partial charge is 0.0729 e. The summed E-state index contributed by atoms with van der Waals surface area (Å²) in [5.74, 6) is 0. The topological polar surface area (TPSA) is 40.5 Å². The Balaban J connectivity index is 2.16. The Morgan fingerprint density at radius 2 is 1.14 bits per heavy atom. The Labute approximate surface area is 41.8 Å². The van der Waals surface area contributed by atoms with Gasteiger partial charge in [-0.25, -0.2) is 0 Å². The summed E-state index contributed by atoms with van der Waals surface area (Å²) in [6.45, 7) is 0. The molecule has 0 aliphatic heterocycles. The summed E-state index contributed by atoms with van der Waals surface area (Å²) < 4.78 is 0. The maximum Gasteiger partial charge on any atom is 0.0729 e. The minimum absolute atomic E-state index is 0.422. The Bertz CT molecular complexity index is 87.5. The lowest BCUT2D eigenvalue weighted by Crippen LogP contribution is -2.71. The van der Waals surface area contributed by atoms with Crippen LogP contribution in [-0.4, -0.2) is 21.4 Å². The predicted molar refractivity (Wildman–Crippen MR) is 23.8 cm³/mol. The highest BCUT2D eigenvalue weighted by atomic mass is 16.3. The Morgan fingerprint density at radius 1 is 0.857 bits per heavy atom. The lowest BCUT2D eigenvalue weighted by molar-refractivity contribution is -0.298. The fourth-order valence-electron chi connectivity index (χ4n) is 1.68. The van der Waals surface area contributed by atoms with Crippen molar-refractivity contribution in [1.29, 1.82) is 0 Å². The van der Waals surface area contributed by atoms with E-state index in [4.69, 9.17) is 10.2 Å². The van der Waals surface area contributed by atoms with Gasteiger partial charge in [0.2, 0.25) is 0 Å². The standard InChI is InChI=1S/C5H8O2/c6-4-1-5(7,2-4)3-4/h6-7H,1-3H2. The molecule has 3 rings (SSSR count). The number of rotatable bonds is 0. The van der Waals surface area contributed by atoms with Crippen molar-refractivity contribution in [1.82, 2.24) is 0 Å². The molecule has 0 amide bonds. The Hall–Kier alpha value is -0.0800. The highest BCUT2D eigenvalue weighted by molar-refractivity contribution is 5.19. The van der Waals surface area contributed by atoms with Gasteiger partial charge in [0.25, 0.3) is 0 Å². The molecule has 0 saturated heterocycles. The summed E-state index contributed by atoms with van der Waals surface area (Å²) in [6.07, 6.45) is 1.88. The SMILES string of the molecule is OC12CC(O)(C1)C2. The summed E-state index contributed by atoms with van der Waals surface area (Å²) >= 11 is 0. The molecule has 40 valence electrons. The van der Waals surface area contributed by atoms with E-state index in [0.717, 1.165) is 0 Å². The van der Waals surface area contributed by atoms with E-state index in [1.807, 2.05) is 0 Å². The molecule has 0 aromatic rings. The molecule has 7 heavy (non-hydrogen) atoms. The van der Waals surface area contributed by atoms with Crippen molar-refractivity contribution in [2.75, 3.05) is 0 Å². The van der Waals surface area contributed by atoms with Crippen LogP contribution in [0.5, 0.6) is 0 Å². The summed E-state index contributed by atoms with van der Waals surface area (Å²) in [5.41, 5.74) is -0.844. The molecule has 2 N–H and O–H groups in total. The minimum atomic E-state index is -0.422. The highest BCUT2D eigenvalue weighted by Crippen LogP contribution is 2.60. The molecule has 2 bridgehead atoms. The largest absolute Gasteiger partial charge is 0.390 e. The van der Waals surface area contributed by atoms with Crippen molar-refractivity contribution in [3.8, 4) is 0 Å². The first-order valence-electron chi connectivity index (χ1n) is 2.57. The first-order chi connectivity index (χ1) is 3.12. The average molecular weight is 100 g/mol. The molecule has 0 unspecified atom stereocenters. The van der Waals surface area contributed by atoms with Crippen LogP contribution in [0.25, 0.3) is 0 Å². The number of hydrogen-bond donors (Lipinski definition) is 2. The third-order valence-electron chi connectivity index (χ3n) is 1.97. The molecule has 0 aromatic heterocycles. The molecule has 0 radical (unpaired) electrons. The first-order valence-corrected chi connectivity index (χ1v) is 2.57. The van der Waals surface area contributed by atoms with Gasteiger partial charge in [-0.05, 0) is 0 Å². The molecular weight excluding hydrogens is 92.1 g/mol. The molecule has 0 spiro atoms. The number of aliphatic hydroxyl groups is 2. The van der Waals surface area contributed by atoms with Crippen molar-refractivity contribution in [2.45, 2.75) is 30.5 Å². The van der Waals surface area contributed by atoms with Crippen LogP contribution >= 0.6 is 0 Å². The second-order valence-corrected chi connectivity index (χ2v) is 2.98. The van der Waals surface area contributed by atoms with E-state index in [9.17, 15) is 0 Å².